The van der Waals surface area contributed by atoms with E-state index in [1.807, 2.05) is 30.3 Å². The molecule has 2 amide bonds. The van der Waals surface area contributed by atoms with Crippen LogP contribution in [0.1, 0.15) is 38.6 Å². The van der Waals surface area contributed by atoms with E-state index in [0.717, 1.165) is 18.4 Å². The molecule has 0 unspecified atom stereocenters. The standard InChI is InChI=1S/C23H23N3O4S/c1-15-19(20(25-30-15)17-6-3-2-4-7-17)22(28)24-14-16-9-11-26(12-10-16)23(29)21(27)18-8-5-13-31-18/h2-8,13,16H,9-12,14H2,1H3,(H,24,28). The van der Waals surface area contributed by atoms with Gasteiger partial charge in [0.15, 0.2) is 0 Å². The summed E-state index contributed by atoms with van der Waals surface area (Å²) in [5.74, 6) is -0.395. The Morgan fingerprint density at radius 3 is 2.55 bits per heavy atom. The normalized spacial score (nSPS) is 14.4. The van der Waals surface area contributed by atoms with Crippen LogP contribution >= 0.6 is 11.3 Å². The zero-order valence-corrected chi connectivity index (χ0v) is 18.0. The summed E-state index contributed by atoms with van der Waals surface area (Å²) in [6.45, 7) is 3.25. The number of aromatic nitrogens is 1. The van der Waals surface area contributed by atoms with Crippen LogP contribution in [-0.2, 0) is 4.79 Å². The molecule has 160 valence electrons. The molecule has 1 aliphatic heterocycles. The van der Waals surface area contributed by atoms with Crippen LogP contribution in [0.25, 0.3) is 11.3 Å². The summed E-state index contributed by atoms with van der Waals surface area (Å²) >= 11 is 1.28. The second kappa shape index (κ2) is 9.26. The highest BCUT2D eigenvalue weighted by Crippen LogP contribution is 2.25. The van der Waals surface area contributed by atoms with E-state index in [2.05, 4.69) is 10.5 Å². The molecule has 2 aromatic heterocycles. The first-order chi connectivity index (χ1) is 15.0. The van der Waals surface area contributed by atoms with E-state index < -0.39 is 11.7 Å². The molecular formula is C23H23N3O4S. The Morgan fingerprint density at radius 1 is 1.13 bits per heavy atom. The molecule has 0 atom stereocenters. The molecule has 0 spiro atoms. The van der Waals surface area contributed by atoms with Crippen molar-refractivity contribution in [3.05, 3.63) is 64.0 Å². The number of amides is 2. The van der Waals surface area contributed by atoms with Gasteiger partial charge in [-0.25, -0.2) is 0 Å². The van der Waals surface area contributed by atoms with E-state index in [0.29, 0.717) is 41.5 Å². The number of benzene rings is 1. The highest BCUT2D eigenvalue weighted by molar-refractivity contribution is 7.13. The zero-order chi connectivity index (χ0) is 21.8. The molecule has 0 bridgehead atoms. The number of hydrogen-bond acceptors (Lipinski definition) is 6. The first kappa shape index (κ1) is 21.0. The number of Topliss-reactive ketones (excluding diaryl/α,β-unsaturated/α-hetero) is 1. The molecule has 1 saturated heterocycles. The molecule has 1 aliphatic rings. The molecule has 1 aromatic carbocycles. The summed E-state index contributed by atoms with van der Waals surface area (Å²) in [5.41, 5.74) is 1.80. The molecule has 0 radical (unpaired) electrons. The van der Waals surface area contributed by atoms with Gasteiger partial charge >= 0.3 is 0 Å². The smallest absolute Gasteiger partial charge is 0.295 e. The van der Waals surface area contributed by atoms with Gasteiger partial charge in [-0.2, -0.15) is 0 Å². The van der Waals surface area contributed by atoms with Crippen LogP contribution in [0, 0.1) is 12.8 Å². The largest absolute Gasteiger partial charge is 0.360 e. The van der Waals surface area contributed by atoms with E-state index in [4.69, 9.17) is 4.52 Å². The average molecular weight is 438 g/mol. The van der Waals surface area contributed by atoms with Crippen LogP contribution in [0.3, 0.4) is 0 Å². The van der Waals surface area contributed by atoms with Crippen molar-refractivity contribution in [2.24, 2.45) is 5.92 Å². The minimum absolute atomic E-state index is 0.219. The van der Waals surface area contributed by atoms with Gasteiger partial charge in [0.05, 0.1) is 4.88 Å². The Bertz CT molecular complexity index is 1070. The molecule has 3 aromatic rings. The predicted molar refractivity (Wildman–Crippen MR) is 117 cm³/mol. The van der Waals surface area contributed by atoms with Gasteiger partial charge in [-0.1, -0.05) is 41.6 Å². The van der Waals surface area contributed by atoms with E-state index in [1.54, 1.807) is 29.3 Å². The second-order valence-electron chi connectivity index (χ2n) is 7.58. The van der Waals surface area contributed by atoms with Crippen LogP contribution in [-0.4, -0.2) is 47.3 Å². The summed E-state index contributed by atoms with van der Waals surface area (Å²) in [6.07, 6.45) is 1.47. The molecule has 0 aliphatic carbocycles. The average Bonchev–Trinajstić information content (AvgIpc) is 3.47. The first-order valence-corrected chi connectivity index (χ1v) is 11.1. The number of thiophene rings is 1. The fourth-order valence-electron chi connectivity index (χ4n) is 3.75. The number of carbonyl (C=O) groups excluding carboxylic acids is 3. The lowest BCUT2D eigenvalue weighted by Crippen LogP contribution is -2.44. The number of carbonyl (C=O) groups is 3. The van der Waals surface area contributed by atoms with Crippen molar-refractivity contribution in [2.45, 2.75) is 19.8 Å². The van der Waals surface area contributed by atoms with Gasteiger partial charge in [0, 0.05) is 25.2 Å². The van der Waals surface area contributed by atoms with Crippen molar-refractivity contribution < 1.29 is 18.9 Å². The van der Waals surface area contributed by atoms with Crippen molar-refractivity contribution in [3.63, 3.8) is 0 Å². The van der Waals surface area contributed by atoms with Crippen LogP contribution in [0.15, 0.2) is 52.4 Å². The Labute approximate surface area is 184 Å². The van der Waals surface area contributed by atoms with Gasteiger partial charge in [-0.15, -0.1) is 11.3 Å². The van der Waals surface area contributed by atoms with Gasteiger partial charge in [0.25, 0.3) is 17.6 Å². The van der Waals surface area contributed by atoms with Crippen molar-refractivity contribution in [1.29, 1.82) is 0 Å². The molecule has 4 rings (SSSR count). The topological polar surface area (TPSA) is 92.5 Å². The third kappa shape index (κ3) is 4.59. The minimum Gasteiger partial charge on any atom is -0.360 e. The molecule has 8 heteroatoms. The maximum atomic E-state index is 12.8. The summed E-state index contributed by atoms with van der Waals surface area (Å²) in [6, 6.07) is 12.9. The van der Waals surface area contributed by atoms with Gasteiger partial charge in [-0.05, 0) is 37.1 Å². The highest BCUT2D eigenvalue weighted by atomic mass is 32.1. The lowest BCUT2D eigenvalue weighted by molar-refractivity contribution is -0.127. The Balaban J connectivity index is 1.32. The van der Waals surface area contributed by atoms with Crippen molar-refractivity contribution >= 4 is 28.9 Å². The maximum absolute atomic E-state index is 12.8. The number of piperidine rings is 1. The van der Waals surface area contributed by atoms with Gasteiger partial charge in [-0.3, -0.25) is 14.4 Å². The summed E-state index contributed by atoms with van der Waals surface area (Å²) in [4.78, 5) is 39.6. The fraction of sp³-hybridized carbons (Fsp3) is 0.304. The number of nitrogens with zero attached hydrogens (tertiary/aromatic N) is 2. The number of likely N-dealkylation sites (tertiary alicyclic amines) is 1. The van der Waals surface area contributed by atoms with Gasteiger partial charge < -0.3 is 14.7 Å². The van der Waals surface area contributed by atoms with Crippen LogP contribution in [0.2, 0.25) is 0 Å². The summed E-state index contributed by atoms with van der Waals surface area (Å²) < 4.78 is 5.27. The van der Waals surface area contributed by atoms with E-state index in [1.165, 1.54) is 11.3 Å². The number of rotatable bonds is 6. The quantitative estimate of drug-likeness (QED) is 0.470. The monoisotopic (exact) mass is 437 g/mol. The molecule has 0 saturated carbocycles. The fourth-order valence-corrected chi connectivity index (χ4v) is 4.41. The van der Waals surface area contributed by atoms with Crippen LogP contribution < -0.4 is 5.32 Å². The SMILES string of the molecule is Cc1onc(-c2ccccc2)c1C(=O)NCC1CCN(C(=O)C(=O)c2cccs2)CC1. The third-order valence-corrected chi connectivity index (χ3v) is 6.40. The van der Waals surface area contributed by atoms with E-state index >= 15 is 0 Å². The van der Waals surface area contributed by atoms with Crippen LogP contribution in [0.4, 0.5) is 0 Å². The van der Waals surface area contributed by atoms with E-state index in [-0.39, 0.29) is 11.8 Å². The molecule has 1 fully saturated rings. The third-order valence-electron chi connectivity index (χ3n) is 5.53. The minimum atomic E-state index is -0.447. The Hall–Kier alpha value is -3.26. The molecule has 31 heavy (non-hydrogen) atoms. The predicted octanol–water partition coefficient (Wildman–Crippen LogP) is 3.56. The van der Waals surface area contributed by atoms with Gasteiger partial charge in [0.2, 0.25) is 0 Å². The molecule has 3 heterocycles. The lowest BCUT2D eigenvalue weighted by atomic mass is 9.96. The lowest BCUT2D eigenvalue weighted by Gasteiger charge is -2.31. The number of aryl methyl sites for hydroxylation is 1. The van der Waals surface area contributed by atoms with Crippen molar-refractivity contribution in [1.82, 2.24) is 15.4 Å². The van der Waals surface area contributed by atoms with Gasteiger partial charge in [0.1, 0.15) is 17.0 Å². The van der Waals surface area contributed by atoms with Crippen molar-refractivity contribution in [2.75, 3.05) is 19.6 Å². The number of nitrogens with one attached hydrogen (secondary N) is 1. The Morgan fingerprint density at radius 2 is 1.87 bits per heavy atom. The van der Waals surface area contributed by atoms with E-state index in [9.17, 15) is 14.4 Å². The van der Waals surface area contributed by atoms with Crippen LogP contribution in [0.5, 0.6) is 0 Å². The summed E-state index contributed by atoms with van der Waals surface area (Å²) in [7, 11) is 0. The first-order valence-electron chi connectivity index (χ1n) is 10.2. The zero-order valence-electron chi connectivity index (χ0n) is 17.2. The Kier molecular flexibility index (Phi) is 6.27. The molecule has 7 nitrogen and oxygen atoms in total. The second-order valence-corrected chi connectivity index (χ2v) is 8.53. The maximum Gasteiger partial charge on any atom is 0.295 e. The highest BCUT2D eigenvalue weighted by Gasteiger charge is 2.29. The summed E-state index contributed by atoms with van der Waals surface area (Å²) in [5, 5.41) is 8.83. The van der Waals surface area contributed by atoms with Crippen molar-refractivity contribution in [3.8, 4) is 11.3 Å². The number of ketones is 1. The number of hydrogen-bond donors (Lipinski definition) is 1. The molecular weight excluding hydrogens is 414 g/mol. The molecule has 1 N–H and O–H groups in total.